The van der Waals surface area contributed by atoms with Gasteiger partial charge in [-0.2, -0.15) is 13.2 Å². The first-order valence-corrected chi connectivity index (χ1v) is 6.15. The molecule has 18 heavy (non-hydrogen) atoms. The Hall–Kier alpha value is -1.07. The number of nitrogens with one attached hydrogen (secondary N) is 1. The van der Waals surface area contributed by atoms with Gasteiger partial charge < -0.3 is 5.32 Å². The van der Waals surface area contributed by atoms with Crippen molar-refractivity contribution in [2.75, 3.05) is 26.2 Å². The molecule has 1 aliphatic rings. The van der Waals surface area contributed by atoms with E-state index >= 15 is 0 Å². The molecule has 0 amide bonds. The minimum Gasteiger partial charge on any atom is -0.315 e. The van der Waals surface area contributed by atoms with Crippen LogP contribution < -0.4 is 5.32 Å². The molecule has 100 valence electrons. The van der Waals surface area contributed by atoms with Crippen LogP contribution in [0.15, 0.2) is 30.3 Å². The van der Waals surface area contributed by atoms with Crippen LogP contribution in [0.2, 0.25) is 0 Å². The highest BCUT2D eigenvalue weighted by Gasteiger charge is 2.44. The Morgan fingerprint density at radius 3 is 2.44 bits per heavy atom. The molecule has 0 aromatic heterocycles. The molecule has 0 saturated carbocycles. The van der Waals surface area contributed by atoms with Crippen molar-refractivity contribution in [3.05, 3.63) is 35.9 Å². The van der Waals surface area contributed by atoms with Crippen molar-refractivity contribution in [1.82, 2.24) is 10.2 Å². The summed E-state index contributed by atoms with van der Waals surface area (Å²) in [4.78, 5) is 1.52. The Bertz CT molecular complexity index is 356. The minimum atomic E-state index is -4.23. The highest BCUT2D eigenvalue weighted by molar-refractivity contribution is 5.20. The predicted molar refractivity (Wildman–Crippen MR) is 64.3 cm³/mol. The summed E-state index contributed by atoms with van der Waals surface area (Å²) >= 11 is 0. The Morgan fingerprint density at radius 1 is 1.06 bits per heavy atom. The molecule has 0 radical (unpaired) electrons. The van der Waals surface area contributed by atoms with E-state index < -0.39 is 12.2 Å². The molecule has 1 aliphatic heterocycles. The van der Waals surface area contributed by atoms with Crippen LogP contribution in [0, 0.1) is 0 Å². The molecule has 1 unspecified atom stereocenters. The van der Waals surface area contributed by atoms with Gasteiger partial charge in [0.05, 0.1) is 0 Å². The fourth-order valence-corrected chi connectivity index (χ4v) is 2.37. The average molecular weight is 258 g/mol. The van der Waals surface area contributed by atoms with Crippen molar-refractivity contribution in [1.29, 1.82) is 0 Å². The summed E-state index contributed by atoms with van der Waals surface area (Å²) in [5.41, 5.74) is 0.326. The van der Waals surface area contributed by atoms with E-state index in [1.165, 1.54) is 4.90 Å². The van der Waals surface area contributed by atoms with Crippen LogP contribution in [-0.4, -0.2) is 37.3 Å². The lowest BCUT2D eigenvalue weighted by atomic mass is 10.0. The first-order chi connectivity index (χ1) is 8.59. The molecule has 2 rings (SSSR count). The van der Waals surface area contributed by atoms with Crippen molar-refractivity contribution in [2.24, 2.45) is 0 Å². The molecule has 1 saturated heterocycles. The van der Waals surface area contributed by atoms with E-state index in [9.17, 15) is 13.2 Å². The number of rotatable bonds is 2. The quantitative estimate of drug-likeness (QED) is 0.877. The molecule has 1 fully saturated rings. The van der Waals surface area contributed by atoms with Crippen LogP contribution in [0.1, 0.15) is 18.0 Å². The fourth-order valence-electron chi connectivity index (χ4n) is 2.37. The van der Waals surface area contributed by atoms with Gasteiger partial charge in [0.15, 0.2) is 0 Å². The molecule has 1 atom stereocenters. The molecule has 0 bridgehead atoms. The Kier molecular flexibility index (Phi) is 4.24. The van der Waals surface area contributed by atoms with Crippen molar-refractivity contribution in [2.45, 2.75) is 18.6 Å². The van der Waals surface area contributed by atoms with E-state index in [0.717, 1.165) is 13.0 Å². The van der Waals surface area contributed by atoms with Crippen LogP contribution in [-0.2, 0) is 0 Å². The van der Waals surface area contributed by atoms with Crippen molar-refractivity contribution >= 4 is 0 Å². The molecule has 0 spiro atoms. The minimum absolute atomic E-state index is 0.326. The summed E-state index contributed by atoms with van der Waals surface area (Å²) in [7, 11) is 0. The average Bonchev–Trinajstić information content (AvgIpc) is 2.58. The predicted octanol–water partition coefficient (Wildman–Crippen LogP) is 2.59. The molecule has 5 heteroatoms. The van der Waals surface area contributed by atoms with E-state index in [4.69, 9.17) is 0 Å². The summed E-state index contributed by atoms with van der Waals surface area (Å²) in [6, 6.07) is 6.67. The van der Waals surface area contributed by atoms with Gasteiger partial charge in [0.1, 0.15) is 6.04 Å². The standard InChI is InChI=1S/C13H17F3N2/c14-13(15,16)12(11-5-2-1-3-6-11)18-9-4-7-17-8-10-18/h1-3,5-6,12,17H,4,7-10H2. The van der Waals surface area contributed by atoms with E-state index in [1.54, 1.807) is 30.3 Å². The molecule has 1 heterocycles. The van der Waals surface area contributed by atoms with Crippen molar-refractivity contribution in [3.8, 4) is 0 Å². The third-order valence-corrected chi connectivity index (χ3v) is 3.17. The van der Waals surface area contributed by atoms with Gasteiger partial charge in [-0.15, -0.1) is 0 Å². The smallest absolute Gasteiger partial charge is 0.315 e. The van der Waals surface area contributed by atoms with E-state index in [-0.39, 0.29) is 0 Å². The lowest BCUT2D eigenvalue weighted by Crippen LogP contribution is -2.40. The maximum atomic E-state index is 13.3. The summed E-state index contributed by atoms with van der Waals surface area (Å²) in [5, 5.41) is 3.13. The summed E-state index contributed by atoms with van der Waals surface area (Å²) in [6.07, 6.45) is -3.48. The van der Waals surface area contributed by atoms with Crippen LogP contribution in [0.3, 0.4) is 0 Å². The lowest BCUT2D eigenvalue weighted by Gasteiger charge is -2.32. The SMILES string of the molecule is FC(F)(F)C(c1ccccc1)N1CCCNCC1. The molecule has 2 nitrogen and oxygen atoms in total. The van der Waals surface area contributed by atoms with Gasteiger partial charge in [0.25, 0.3) is 0 Å². The maximum absolute atomic E-state index is 13.3. The number of alkyl halides is 3. The maximum Gasteiger partial charge on any atom is 0.408 e. The molecule has 1 N–H and O–H groups in total. The Morgan fingerprint density at radius 2 is 1.78 bits per heavy atom. The van der Waals surface area contributed by atoms with Gasteiger partial charge in [0.2, 0.25) is 0 Å². The molecule has 0 aliphatic carbocycles. The highest BCUT2D eigenvalue weighted by Crippen LogP contribution is 2.37. The van der Waals surface area contributed by atoms with Crippen LogP contribution in [0.25, 0.3) is 0 Å². The number of halogens is 3. The van der Waals surface area contributed by atoms with Crippen molar-refractivity contribution in [3.63, 3.8) is 0 Å². The second-order valence-electron chi connectivity index (χ2n) is 4.49. The first-order valence-electron chi connectivity index (χ1n) is 6.15. The third kappa shape index (κ3) is 3.23. The van der Waals surface area contributed by atoms with Crippen molar-refractivity contribution < 1.29 is 13.2 Å². The topological polar surface area (TPSA) is 15.3 Å². The number of hydrogen-bond acceptors (Lipinski definition) is 2. The first kappa shape index (κ1) is 13.4. The molecular weight excluding hydrogens is 241 g/mol. The van der Waals surface area contributed by atoms with Crippen LogP contribution in [0.5, 0.6) is 0 Å². The zero-order valence-corrected chi connectivity index (χ0v) is 10.1. The molecule has 1 aromatic carbocycles. The third-order valence-electron chi connectivity index (χ3n) is 3.17. The van der Waals surface area contributed by atoms with Gasteiger partial charge >= 0.3 is 6.18 Å². The Labute approximate surface area is 105 Å². The second-order valence-corrected chi connectivity index (χ2v) is 4.49. The van der Waals surface area contributed by atoms with Gasteiger partial charge in [-0.25, -0.2) is 0 Å². The number of hydrogen-bond donors (Lipinski definition) is 1. The van der Waals surface area contributed by atoms with Crippen LogP contribution in [0.4, 0.5) is 13.2 Å². The van der Waals surface area contributed by atoms with E-state index in [0.29, 0.717) is 25.2 Å². The normalized spacial score (nSPS) is 20.4. The zero-order chi connectivity index (χ0) is 13.0. The number of benzene rings is 1. The molecule has 1 aromatic rings. The summed E-state index contributed by atoms with van der Waals surface area (Å²) in [5.74, 6) is 0. The lowest BCUT2D eigenvalue weighted by molar-refractivity contribution is -0.186. The van der Waals surface area contributed by atoms with Gasteiger partial charge in [0, 0.05) is 19.6 Å². The molecular formula is C13H17F3N2. The van der Waals surface area contributed by atoms with Gasteiger partial charge in [-0.05, 0) is 18.5 Å². The highest BCUT2D eigenvalue weighted by atomic mass is 19.4. The van der Waals surface area contributed by atoms with E-state index in [2.05, 4.69) is 5.32 Å². The van der Waals surface area contributed by atoms with E-state index in [1.807, 2.05) is 0 Å². The zero-order valence-electron chi connectivity index (χ0n) is 10.1. The summed E-state index contributed by atoms with van der Waals surface area (Å²) < 4.78 is 39.8. The van der Waals surface area contributed by atoms with Crippen LogP contribution >= 0.6 is 0 Å². The second kappa shape index (κ2) is 5.71. The monoisotopic (exact) mass is 258 g/mol. The fraction of sp³-hybridized carbons (Fsp3) is 0.538. The van der Waals surface area contributed by atoms with Gasteiger partial charge in [-0.1, -0.05) is 30.3 Å². The Balaban J connectivity index is 2.25. The van der Waals surface area contributed by atoms with Gasteiger partial charge in [-0.3, -0.25) is 4.90 Å². The number of nitrogens with zero attached hydrogens (tertiary/aromatic N) is 1. The summed E-state index contributed by atoms with van der Waals surface area (Å²) in [6.45, 7) is 2.31. The largest absolute Gasteiger partial charge is 0.408 e.